The summed E-state index contributed by atoms with van der Waals surface area (Å²) < 4.78 is 18.5. The fraction of sp³-hybridized carbons (Fsp3) is 0.500. The van der Waals surface area contributed by atoms with Gasteiger partial charge in [-0.25, -0.2) is 4.39 Å². The summed E-state index contributed by atoms with van der Waals surface area (Å²) in [7, 11) is 0. The Bertz CT molecular complexity index is 370. The van der Waals surface area contributed by atoms with Gasteiger partial charge in [0.1, 0.15) is 5.82 Å². The lowest BCUT2D eigenvalue weighted by atomic mass is 10.2. The lowest BCUT2D eigenvalue weighted by Crippen LogP contribution is -2.13. The van der Waals surface area contributed by atoms with Gasteiger partial charge < -0.3 is 9.84 Å². The molecule has 2 rings (SSSR count). The van der Waals surface area contributed by atoms with Gasteiger partial charge in [-0.1, -0.05) is 0 Å². The fourth-order valence-electron chi connectivity index (χ4n) is 1.82. The summed E-state index contributed by atoms with van der Waals surface area (Å²) in [4.78, 5) is 0.950. The summed E-state index contributed by atoms with van der Waals surface area (Å²) in [5, 5.41) is 9.57. The van der Waals surface area contributed by atoms with Gasteiger partial charge in [0.05, 0.1) is 12.7 Å². The van der Waals surface area contributed by atoms with Crippen LogP contribution in [-0.2, 0) is 11.3 Å². The zero-order valence-corrected chi connectivity index (χ0v) is 9.97. The number of hydrogen-bond donors (Lipinski definition) is 1. The van der Waals surface area contributed by atoms with Gasteiger partial charge in [-0.3, -0.25) is 0 Å². The molecule has 1 aliphatic rings. The van der Waals surface area contributed by atoms with Crippen LogP contribution < -0.4 is 0 Å². The summed E-state index contributed by atoms with van der Waals surface area (Å²) in [5.41, 5.74) is 0.657. The van der Waals surface area contributed by atoms with Crippen molar-refractivity contribution < 1.29 is 14.2 Å². The maximum atomic E-state index is 13.0. The summed E-state index contributed by atoms with van der Waals surface area (Å²) in [6.07, 6.45) is 1.23. The van der Waals surface area contributed by atoms with Gasteiger partial charge in [0.15, 0.2) is 0 Å². The Morgan fingerprint density at radius 2 is 2.38 bits per heavy atom. The maximum Gasteiger partial charge on any atom is 0.123 e. The van der Waals surface area contributed by atoms with E-state index in [-0.39, 0.29) is 18.5 Å². The van der Waals surface area contributed by atoms with Crippen molar-refractivity contribution in [1.29, 1.82) is 0 Å². The first-order valence-electron chi connectivity index (χ1n) is 5.38. The van der Waals surface area contributed by atoms with Gasteiger partial charge in [-0.05, 0) is 37.1 Å². The first-order chi connectivity index (χ1) is 7.70. The third-order valence-corrected chi connectivity index (χ3v) is 4.35. The molecule has 0 spiro atoms. The summed E-state index contributed by atoms with van der Waals surface area (Å²) in [5.74, 6) is -0.302. The van der Waals surface area contributed by atoms with Crippen LogP contribution in [0.2, 0.25) is 0 Å². The molecule has 1 heterocycles. The number of benzene rings is 1. The highest BCUT2D eigenvalue weighted by molar-refractivity contribution is 8.00. The smallest absolute Gasteiger partial charge is 0.123 e. The van der Waals surface area contributed by atoms with E-state index in [1.165, 1.54) is 12.1 Å². The van der Waals surface area contributed by atoms with Crippen LogP contribution >= 0.6 is 11.8 Å². The highest BCUT2D eigenvalue weighted by atomic mass is 32.2. The Morgan fingerprint density at radius 3 is 3.00 bits per heavy atom. The van der Waals surface area contributed by atoms with E-state index in [2.05, 4.69) is 0 Å². The largest absolute Gasteiger partial charge is 0.392 e. The number of thioether (sulfide) groups is 1. The third kappa shape index (κ3) is 2.56. The van der Waals surface area contributed by atoms with Crippen molar-refractivity contribution >= 4 is 11.8 Å². The zero-order chi connectivity index (χ0) is 11.5. The molecule has 1 fully saturated rings. The Balaban J connectivity index is 2.14. The number of aliphatic hydroxyl groups is 1. The van der Waals surface area contributed by atoms with Crippen LogP contribution in [0.15, 0.2) is 23.1 Å². The van der Waals surface area contributed by atoms with Crippen molar-refractivity contribution in [1.82, 2.24) is 0 Å². The Labute approximate surface area is 98.8 Å². The minimum atomic E-state index is -0.302. The second kappa shape index (κ2) is 5.17. The van der Waals surface area contributed by atoms with E-state index in [9.17, 15) is 9.50 Å². The first kappa shape index (κ1) is 11.9. The average Bonchev–Trinajstić information content (AvgIpc) is 2.67. The molecule has 1 N–H and O–H groups in total. The monoisotopic (exact) mass is 242 g/mol. The number of halogens is 1. The molecule has 0 radical (unpaired) electrons. The molecule has 1 aliphatic heterocycles. The molecular formula is C12H15FO2S. The van der Waals surface area contributed by atoms with Gasteiger partial charge in [-0.2, -0.15) is 0 Å². The maximum absolute atomic E-state index is 13.0. The molecular weight excluding hydrogens is 227 g/mol. The lowest BCUT2D eigenvalue weighted by molar-refractivity contribution is 0.127. The third-order valence-electron chi connectivity index (χ3n) is 2.78. The van der Waals surface area contributed by atoms with Crippen molar-refractivity contribution in [2.24, 2.45) is 0 Å². The first-order valence-corrected chi connectivity index (χ1v) is 6.26. The van der Waals surface area contributed by atoms with E-state index in [1.54, 1.807) is 17.8 Å². The minimum Gasteiger partial charge on any atom is -0.392 e. The molecule has 0 aromatic heterocycles. The number of aliphatic hydroxyl groups excluding tert-OH is 1. The van der Waals surface area contributed by atoms with Gasteiger partial charge in [-0.15, -0.1) is 11.8 Å². The normalized spacial score (nSPS) is 24.9. The molecule has 2 unspecified atom stereocenters. The van der Waals surface area contributed by atoms with E-state index in [0.29, 0.717) is 10.8 Å². The predicted molar refractivity (Wildman–Crippen MR) is 62.0 cm³/mol. The van der Waals surface area contributed by atoms with Crippen molar-refractivity contribution in [3.63, 3.8) is 0 Å². The number of hydrogen-bond acceptors (Lipinski definition) is 3. The van der Waals surface area contributed by atoms with Gasteiger partial charge in [0, 0.05) is 16.8 Å². The van der Waals surface area contributed by atoms with Crippen molar-refractivity contribution in [2.45, 2.75) is 36.2 Å². The predicted octanol–water partition coefficient (Wildman–Crippen LogP) is 2.59. The van der Waals surface area contributed by atoms with Crippen LogP contribution in [0.4, 0.5) is 4.39 Å². The Hall–Kier alpha value is -0.580. The summed E-state index contributed by atoms with van der Waals surface area (Å²) in [6, 6.07) is 4.56. The fourth-order valence-corrected chi connectivity index (χ4v) is 3.05. The van der Waals surface area contributed by atoms with Crippen LogP contribution in [0.5, 0.6) is 0 Å². The molecule has 0 amide bonds. The molecule has 0 saturated carbocycles. The topological polar surface area (TPSA) is 29.5 Å². The number of ether oxygens (including phenoxy) is 1. The second-order valence-electron chi connectivity index (χ2n) is 3.93. The molecule has 1 aromatic rings. The van der Waals surface area contributed by atoms with Crippen LogP contribution in [-0.4, -0.2) is 23.1 Å². The van der Waals surface area contributed by atoms with Crippen LogP contribution in [0.1, 0.15) is 18.9 Å². The van der Waals surface area contributed by atoms with Crippen LogP contribution in [0.3, 0.4) is 0 Å². The highest BCUT2D eigenvalue weighted by Crippen LogP contribution is 2.34. The number of rotatable bonds is 3. The van der Waals surface area contributed by atoms with Gasteiger partial charge >= 0.3 is 0 Å². The molecule has 2 nitrogen and oxygen atoms in total. The summed E-state index contributed by atoms with van der Waals surface area (Å²) in [6.45, 7) is 2.71. The lowest BCUT2D eigenvalue weighted by Gasteiger charge is -2.15. The molecule has 2 atom stereocenters. The molecule has 88 valence electrons. The van der Waals surface area contributed by atoms with E-state index in [1.807, 2.05) is 6.92 Å². The molecule has 16 heavy (non-hydrogen) atoms. The molecule has 4 heteroatoms. The van der Waals surface area contributed by atoms with E-state index < -0.39 is 0 Å². The van der Waals surface area contributed by atoms with E-state index in [0.717, 1.165) is 17.9 Å². The van der Waals surface area contributed by atoms with E-state index in [4.69, 9.17) is 4.74 Å². The zero-order valence-electron chi connectivity index (χ0n) is 9.15. The van der Waals surface area contributed by atoms with Crippen LogP contribution in [0, 0.1) is 5.82 Å². The molecule has 0 aliphatic carbocycles. The van der Waals surface area contributed by atoms with Crippen molar-refractivity contribution in [3.05, 3.63) is 29.6 Å². The minimum absolute atomic E-state index is 0.123. The van der Waals surface area contributed by atoms with Crippen molar-refractivity contribution in [3.8, 4) is 0 Å². The quantitative estimate of drug-likeness (QED) is 0.883. The molecule has 1 saturated heterocycles. The Kier molecular flexibility index (Phi) is 3.84. The van der Waals surface area contributed by atoms with E-state index >= 15 is 0 Å². The molecule has 0 bridgehead atoms. The van der Waals surface area contributed by atoms with Gasteiger partial charge in [0.25, 0.3) is 0 Å². The highest BCUT2D eigenvalue weighted by Gasteiger charge is 2.25. The van der Waals surface area contributed by atoms with Crippen LogP contribution in [0.25, 0.3) is 0 Å². The molecule has 1 aromatic carbocycles. The average molecular weight is 242 g/mol. The summed E-state index contributed by atoms with van der Waals surface area (Å²) >= 11 is 1.67. The Morgan fingerprint density at radius 1 is 1.56 bits per heavy atom. The SMILES string of the molecule is CC1OCCC1Sc1ccc(F)cc1CO. The van der Waals surface area contributed by atoms with Crippen molar-refractivity contribution in [2.75, 3.05) is 6.61 Å². The van der Waals surface area contributed by atoms with Gasteiger partial charge in [0.2, 0.25) is 0 Å². The second-order valence-corrected chi connectivity index (χ2v) is 5.21. The standard InChI is InChI=1S/C12H15FO2S/c1-8-11(4-5-15-8)16-12-3-2-10(13)6-9(12)7-14/h2-3,6,8,11,14H,4-5,7H2,1H3.